The molecule has 0 spiro atoms. The lowest BCUT2D eigenvalue weighted by Gasteiger charge is -2.06. The van der Waals surface area contributed by atoms with Crippen molar-refractivity contribution in [3.8, 4) is 5.75 Å². The van der Waals surface area contributed by atoms with Crippen LogP contribution in [0, 0.1) is 0 Å². The zero-order valence-electron chi connectivity index (χ0n) is 10.4. The van der Waals surface area contributed by atoms with Gasteiger partial charge < -0.3 is 10.5 Å². The molecular formula is C11H13N5O2S2. The first-order chi connectivity index (χ1) is 9.69. The third-order valence-electron chi connectivity index (χ3n) is 2.25. The number of nitrogens with one attached hydrogen (secondary N) is 1. The molecule has 0 unspecified atom stereocenters. The van der Waals surface area contributed by atoms with Gasteiger partial charge in [0.2, 0.25) is 5.13 Å². The van der Waals surface area contributed by atoms with E-state index in [-0.39, 0.29) is 5.91 Å². The highest BCUT2D eigenvalue weighted by Gasteiger charge is 2.04. The van der Waals surface area contributed by atoms with Gasteiger partial charge in [-0.25, -0.2) is 5.84 Å². The SMILES string of the molecule is NNC(=O)c1ccc(OCCSc2nnc(N)s2)cc1. The average molecular weight is 311 g/mol. The van der Waals surface area contributed by atoms with Gasteiger partial charge in [0, 0.05) is 11.3 Å². The van der Waals surface area contributed by atoms with Crippen LogP contribution in [0.4, 0.5) is 5.13 Å². The monoisotopic (exact) mass is 311 g/mol. The quantitative estimate of drug-likeness (QED) is 0.238. The maximum atomic E-state index is 11.2. The van der Waals surface area contributed by atoms with Crippen LogP contribution in [0.25, 0.3) is 0 Å². The molecule has 0 atom stereocenters. The highest BCUT2D eigenvalue weighted by Crippen LogP contribution is 2.23. The van der Waals surface area contributed by atoms with Gasteiger partial charge in [-0.3, -0.25) is 10.2 Å². The molecule has 0 bridgehead atoms. The van der Waals surface area contributed by atoms with Crippen molar-refractivity contribution in [2.24, 2.45) is 5.84 Å². The summed E-state index contributed by atoms with van der Waals surface area (Å²) in [4.78, 5) is 11.2. The fourth-order valence-electron chi connectivity index (χ4n) is 1.35. The Morgan fingerprint density at radius 3 is 2.70 bits per heavy atom. The molecule has 0 radical (unpaired) electrons. The molecule has 20 heavy (non-hydrogen) atoms. The minimum Gasteiger partial charge on any atom is -0.493 e. The Labute approximate surface area is 123 Å². The highest BCUT2D eigenvalue weighted by molar-refractivity contribution is 8.01. The van der Waals surface area contributed by atoms with Gasteiger partial charge in [0.1, 0.15) is 5.75 Å². The maximum Gasteiger partial charge on any atom is 0.265 e. The summed E-state index contributed by atoms with van der Waals surface area (Å²) >= 11 is 2.88. The van der Waals surface area contributed by atoms with E-state index < -0.39 is 0 Å². The number of nitrogen functional groups attached to an aromatic ring is 2. The Hall–Kier alpha value is -1.84. The van der Waals surface area contributed by atoms with Crippen LogP contribution in [0.15, 0.2) is 28.6 Å². The van der Waals surface area contributed by atoms with E-state index in [9.17, 15) is 4.79 Å². The number of hydrazine groups is 1. The number of thioether (sulfide) groups is 1. The third kappa shape index (κ3) is 4.08. The molecule has 0 aliphatic rings. The van der Waals surface area contributed by atoms with E-state index in [0.717, 1.165) is 10.1 Å². The second-order valence-electron chi connectivity index (χ2n) is 3.60. The Morgan fingerprint density at radius 2 is 2.10 bits per heavy atom. The largest absolute Gasteiger partial charge is 0.493 e. The van der Waals surface area contributed by atoms with Gasteiger partial charge in [0.15, 0.2) is 4.34 Å². The van der Waals surface area contributed by atoms with E-state index in [2.05, 4.69) is 15.6 Å². The summed E-state index contributed by atoms with van der Waals surface area (Å²) < 4.78 is 6.36. The smallest absolute Gasteiger partial charge is 0.265 e. The Morgan fingerprint density at radius 1 is 1.35 bits per heavy atom. The van der Waals surface area contributed by atoms with Crippen LogP contribution in [0.2, 0.25) is 0 Å². The topological polar surface area (TPSA) is 116 Å². The molecule has 1 amide bonds. The fourth-order valence-corrected chi connectivity index (χ4v) is 2.88. The minimum absolute atomic E-state index is 0.332. The second-order valence-corrected chi connectivity index (χ2v) is 5.95. The van der Waals surface area contributed by atoms with Crippen LogP contribution in [-0.2, 0) is 0 Å². The molecule has 0 fully saturated rings. The molecule has 1 aromatic carbocycles. The van der Waals surface area contributed by atoms with Gasteiger partial charge in [0.05, 0.1) is 6.61 Å². The van der Waals surface area contributed by atoms with Crippen molar-refractivity contribution in [2.45, 2.75) is 4.34 Å². The van der Waals surface area contributed by atoms with Gasteiger partial charge >= 0.3 is 0 Å². The molecule has 9 heteroatoms. The predicted molar refractivity (Wildman–Crippen MR) is 78.6 cm³/mol. The number of nitrogens with zero attached hydrogens (tertiary/aromatic N) is 2. The zero-order chi connectivity index (χ0) is 14.4. The first kappa shape index (κ1) is 14.6. The van der Waals surface area contributed by atoms with Crippen molar-refractivity contribution in [1.29, 1.82) is 0 Å². The molecule has 0 aliphatic heterocycles. The Balaban J connectivity index is 1.75. The Kier molecular flexibility index (Phi) is 5.16. The summed E-state index contributed by atoms with van der Waals surface area (Å²) in [5.41, 5.74) is 8.04. The lowest BCUT2D eigenvalue weighted by molar-refractivity contribution is 0.0953. The molecule has 7 nitrogen and oxygen atoms in total. The minimum atomic E-state index is -0.332. The summed E-state index contributed by atoms with van der Waals surface area (Å²) in [6, 6.07) is 6.74. The number of rotatable bonds is 6. The standard InChI is InChI=1S/C11H13N5O2S2/c12-10-15-16-11(20-10)19-6-5-18-8-3-1-7(2-4-8)9(17)14-13/h1-4H,5-6,13H2,(H2,12,15)(H,14,17). The van der Waals surface area contributed by atoms with Crippen LogP contribution in [0.5, 0.6) is 5.75 Å². The summed E-state index contributed by atoms with van der Waals surface area (Å²) in [7, 11) is 0. The number of hydrogen-bond donors (Lipinski definition) is 3. The van der Waals surface area contributed by atoms with Crippen molar-refractivity contribution in [2.75, 3.05) is 18.1 Å². The lowest BCUT2D eigenvalue weighted by atomic mass is 10.2. The van der Waals surface area contributed by atoms with Gasteiger partial charge in [-0.05, 0) is 24.3 Å². The van der Waals surface area contributed by atoms with Crippen molar-refractivity contribution in [1.82, 2.24) is 15.6 Å². The first-order valence-electron chi connectivity index (χ1n) is 5.64. The maximum absolute atomic E-state index is 11.2. The van der Waals surface area contributed by atoms with Gasteiger partial charge in [-0.2, -0.15) is 0 Å². The summed E-state index contributed by atoms with van der Waals surface area (Å²) in [6.07, 6.45) is 0. The number of carbonyl (C=O) groups excluding carboxylic acids is 1. The van der Waals surface area contributed by atoms with Gasteiger partial charge in [0.25, 0.3) is 5.91 Å². The van der Waals surface area contributed by atoms with Crippen molar-refractivity contribution in [3.63, 3.8) is 0 Å². The van der Waals surface area contributed by atoms with Gasteiger partial charge in [-0.15, -0.1) is 10.2 Å². The number of carbonyl (C=O) groups is 1. The molecule has 1 aromatic heterocycles. The third-order valence-corrected chi connectivity index (χ3v) is 4.10. The number of aromatic nitrogens is 2. The summed E-state index contributed by atoms with van der Waals surface area (Å²) in [6.45, 7) is 0.520. The molecule has 0 saturated carbocycles. The summed E-state index contributed by atoms with van der Waals surface area (Å²) in [5.74, 6) is 6.14. The second kappa shape index (κ2) is 7.08. The number of benzene rings is 1. The van der Waals surface area contributed by atoms with E-state index in [0.29, 0.717) is 23.1 Å². The zero-order valence-corrected chi connectivity index (χ0v) is 12.0. The highest BCUT2D eigenvalue weighted by atomic mass is 32.2. The van der Waals surface area contributed by atoms with E-state index in [1.165, 1.54) is 23.1 Å². The molecule has 0 saturated heterocycles. The van der Waals surface area contributed by atoms with E-state index in [1.807, 2.05) is 0 Å². The van der Waals surface area contributed by atoms with Gasteiger partial charge in [-0.1, -0.05) is 23.1 Å². The van der Waals surface area contributed by atoms with Crippen LogP contribution in [-0.4, -0.2) is 28.5 Å². The molecule has 106 valence electrons. The van der Waals surface area contributed by atoms with Crippen LogP contribution in [0.3, 0.4) is 0 Å². The van der Waals surface area contributed by atoms with Crippen molar-refractivity contribution < 1.29 is 9.53 Å². The molecule has 1 heterocycles. The van der Waals surface area contributed by atoms with Crippen LogP contribution >= 0.6 is 23.1 Å². The number of anilines is 1. The van der Waals surface area contributed by atoms with Crippen molar-refractivity contribution in [3.05, 3.63) is 29.8 Å². The predicted octanol–water partition coefficient (Wildman–Crippen LogP) is 0.895. The fraction of sp³-hybridized carbons (Fsp3) is 0.182. The van der Waals surface area contributed by atoms with E-state index in [1.54, 1.807) is 24.3 Å². The molecular weight excluding hydrogens is 298 g/mol. The molecule has 0 aliphatic carbocycles. The average Bonchev–Trinajstić information content (AvgIpc) is 2.89. The van der Waals surface area contributed by atoms with Crippen molar-refractivity contribution >= 4 is 34.1 Å². The van der Waals surface area contributed by atoms with E-state index in [4.69, 9.17) is 16.3 Å². The number of amides is 1. The van der Waals surface area contributed by atoms with Crippen LogP contribution in [0.1, 0.15) is 10.4 Å². The number of nitrogens with two attached hydrogens (primary N) is 2. The summed E-state index contributed by atoms with van der Waals surface area (Å²) in [5, 5.41) is 8.08. The number of hydrogen-bond acceptors (Lipinski definition) is 8. The molecule has 5 N–H and O–H groups in total. The number of ether oxygens (including phenoxy) is 1. The lowest BCUT2D eigenvalue weighted by Crippen LogP contribution is -2.29. The first-order valence-corrected chi connectivity index (χ1v) is 7.45. The van der Waals surface area contributed by atoms with E-state index >= 15 is 0 Å². The molecule has 2 rings (SSSR count). The normalized spacial score (nSPS) is 10.2. The van der Waals surface area contributed by atoms with Crippen LogP contribution < -0.4 is 21.7 Å². The molecule has 2 aromatic rings. The Bertz CT molecular complexity index is 572.